The van der Waals surface area contributed by atoms with Crippen LogP contribution in [0.4, 0.5) is 5.95 Å². The maximum atomic E-state index is 12.9. The van der Waals surface area contributed by atoms with E-state index in [4.69, 9.17) is 19.7 Å². The highest BCUT2D eigenvalue weighted by atomic mass is 32.7. The summed E-state index contributed by atoms with van der Waals surface area (Å²) in [5.41, 5.74) is 6.76. The molecule has 1 fully saturated rings. The average Bonchev–Trinajstić information content (AvgIpc) is 3.44. The van der Waals surface area contributed by atoms with Crippen molar-refractivity contribution in [2.75, 3.05) is 19.0 Å². The number of hydrogen-bond donors (Lipinski definition) is 2. The smallest absolute Gasteiger partial charge is 0.311 e. The number of aromatic amines is 1. The third-order valence-electron chi connectivity index (χ3n) is 5.42. The number of nitrogens with one attached hydrogen (secondary N) is 1. The monoisotopic (exact) mass is 521 g/mol. The standard InChI is InChI=1S/C22H28N5O6PS/c1-3-4-18(28)33-15-7-5-14(6-8-15)12-35-34(2,30)31-11-16-9-10-17(32-16)27-13-24-19-20(27)25-22(23)26-21(19)29/h5-8,13,16-17H,3-4,9-12H2,1-2H3,(H3,23,25,26,29)/t16-,17+,34?/m0/s1. The molecule has 1 aliphatic heterocycles. The first-order valence-electron chi connectivity index (χ1n) is 11.3. The lowest BCUT2D eigenvalue weighted by Gasteiger charge is -2.18. The van der Waals surface area contributed by atoms with Gasteiger partial charge in [0.05, 0.1) is 19.0 Å². The van der Waals surface area contributed by atoms with Gasteiger partial charge in [0, 0.05) is 18.8 Å². The van der Waals surface area contributed by atoms with Gasteiger partial charge in [0.15, 0.2) is 11.2 Å². The molecule has 0 aliphatic carbocycles. The third-order valence-corrected chi connectivity index (χ3v) is 9.08. The number of hydrogen-bond acceptors (Lipinski definition) is 10. The van der Waals surface area contributed by atoms with Gasteiger partial charge in [-0.1, -0.05) is 30.4 Å². The van der Waals surface area contributed by atoms with Crippen LogP contribution in [-0.4, -0.2) is 44.9 Å². The van der Waals surface area contributed by atoms with Gasteiger partial charge in [-0.25, -0.2) is 4.98 Å². The van der Waals surface area contributed by atoms with Crippen LogP contribution in [0.15, 0.2) is 35.4 Å². The van der Waals surface area contributed by atoms with E-state index in [1.54, 1.807) is 23.4 Å². The van der Waals surface area contributed by atoms with Crippen LogP contribution >= 0.6 is 18.0 Å². The van der Waals surface area contributed by atoms with E-state index in [1.165, 1.54) is 17.7 Å². The number of ether oxygens (including phenoxy) is 2. The zero-order chi connectivity index (χ0) is 25.0. The van der Waals surface area contributed by atoms with Crippen LogP contribution in [0, 0.1) is 0 Å². The molecule has 1 saturated heterocycles. The molecule has 188 valence electrons. The first kappa shape index (κ1) is 25.4. The third kappa shape index (κ3) is 6.52. The van der Waals surface area contributed by atoms with Gasteiger partial charge in [-0.3, -0.25) is 23.7 Å². The zero-order valence-corrected chi connectivity index (χ0v) is 21.2. The van der Waals surface area contributed by atoms with E-state index in [0.717, 1.165) is 12.0 Å². The van der Waals surface area contributed by atoms with E-state index in [-0.39, 0.29) is 36.4 Å². The molecule has 4 rings (SSSR count). The molecule has 3 aromatic rings. The molecular formula is C22H28N5O6PS. The summed E-state index contributed by atoms with van der Waals surface area (Å²) in [5, 5.41) is 0. The van der Waals surface area contributed by atoms with Crippen LogP contribution in [0.2, 0.25) is 0 Å². The van der Waals surface area contributed by atoms with Gasteiger partial charge in [0.25, 0.3) is 12.1 Å². The lowest BCUT2D eigenvalue weighted by Crippen LogP contribution is -2.17. The van der Waals surface area contributed by atoms with Crippen LogP contribution in [0.1, 0.15) is 44.4 Å². The Hall–Kier alpha value is -2.66. The van der Waals surface area contributed by atoms with Gasteiger partial charge in [0.2, 0.25) is 5.95 Å². The van der Waals surface area contributed by atoms with Crippen molar-refractivity contribution in [2.24, 2.45) is 0 Å². The highest BCUT2D eigenvalue weighted by molar-refractivity contribution is 8.56. The fraction of sp³-hybridized carbons (Fsp3) is 0.455. The fourth-order valence-corrected chi connectivity index (χ4v) is 6.30. The second-order valence-electron chi connectivity index (χ2n) is 8.27. The Morgan fingerprint density at radius 3 is 2.86 bits per heavy atom. The number of anilines is 1. The van der Waals surface area contributed by atoms with Crippen LogP contribution in [0.5, 0.6) is 5.75 Å². The second kappa shape index (κ2) is 10.9. The number of carbonyl (C=O) groups excluding carboxylic acids is 1. The highest BCUT2D eigenvalue weighted by Gasteiger charge is 2.30. The molecule has 0 bridgehead atoms. The van der Waals surface area contributed by atoms with Crippen molar-refractivity contribution < 1.29 is 23.4 Å². The molecule has 3 heterocycles. The van der Waals surface area contributed by atoms with E-state index < -0.39 is 12.1 Å². The van der Waals surface area contributed by atoms with Crippen LogP contribution in [-0.2, 0) is 24.4 Å². The van der Waals surface area contributed by atoms with E-state index in [2.05, 4.69) is 15.0 Å². The van der Waals surface area contributed by atoms with Crippen LogP contribution in [0.3, 0.4) is 0 Å². The van der Waals surface area contributed by atoms with Gasteiger partial charge in [-0.2, -0.15) is 4.98 Å². The van der Waals surface area contributed by atoms with Gasteiger partial charge in [-0.15, -0.1) is 0 Å². The second-order valence-corrected chi connectivity index (χ2v) is 13.4. The predicted molar refractivity (Wildman–Crippen MR) is 133 cm³/mol. The zero-order valence-electron chi connectivity index (χ0n) is 19.5. The number of rotatable bonds is 10. The topological polar surface area (TPSA) is 151 Å². The van der Waals surface area contributed by atoms with Crippen molar-refractivity contribution in [3.05, 3.63) is 46.5 Å². The van der Waals surface area contributed by atoms with E-state index >= 15 is 0 Å². The molecule has 0 amide bonds. The predicted octanol–water partition coefficient (Wildman–Crippen LogP) is 3.86. The molecule has 3 N–H and O–H groups in total. The number of aromatic nitrogens is 4. The van der Waals surface area contributed by atoms with Crippen molar-refractivity contribution in [1.82, 2.24) is 19.5 Å². The van der Waals surface area contributed by atoms with Crippen molar-refractivity contribution in [3.8, 4) is 5.75 Å². The molecule has 11 nitrogen and oxygen atoms in total. The Kier molecular flexibility index (Phi) is 7.95. The summed E-state index contributed by atoms with van der Waals surface area (Å²) in [6.07, 6.45) is 3.38. The number of fused-ring (bicyclic) bond motifs is 1. The molecule has 2 aromatic heterocycles. The quantitative estimate of drug-likeness (QED) is 0.229. The fourth-order valence-electron chi connectivity index (χ4n) is 3.66. The van der Waals surface area contributed by atoms with Crippen molar-refractivity contribution in [1.29, 1.82) is 0 Å². The molecule has 0 spiro atoms. The summed E-state index contributed by atoms with van der Waals surface area (Å²) in [6.45, 7) is 0.769. The molecule has 1 unspecified atom stereocenters. The average molecular weight is 522 g/mol. The summed E-state index contributed by atoms with van der Waals surface area (Å²) in [5.74, 6) is 0.744. The van der Waals surface area contributed by atoms with Crippen LogP contribution < -0.4 is 16.0 Å². The maximum absolute atomic E-state index is 12.9. The first-order chi connectivity index (χ1) is 16.7. The Morgan fingerprint density at radius 2 is 2.11 bits per heavy atom. The van der Waals surface area contributed by atoms with E-state index in [1.807, 2.05) is 19.1 Å². The number of nitrogen functional groups attached to an aromatic ring is 1. The molecule has 1 aromatic carbocycles. The minimum atomic E-state index is -2.93. The number of nitrogens with zero attached hydrogens (tertiary/aromatic N) is 3. The molecule has 0 saturated carbocycles. The van der Waals surface area contributed by atoms with Gasteiger partial charge >= 0.3 is 5.97 Å². The first-order valence-corrected chi connectivity index (χ1v) is 14.9. The molecule has 1 aliphatic rings. The molecule has 13 heteroatoms. The minimum absolute atomic E-state index is 0.0122. The maximum Gasteiger partial charge on any atom is 0.311 e. The molecular weight excluding hydrogens is 493 g/mol. The van der Waals surface area contributed by atoms with Crippen LogP contribution in [0.25, 0.3) is 11.2 Å². The normalized spacial score (nSPS) is 19.6. The lowest BCUT2D eigenvalue weighted by atomic mass is 10.2. The summed E-state index contributed by atoms with van der Waals surface area (Å²) in [6, 6.07) is 7.14. The number of nitrogens with two attached hydrogens (primary N) is 1. The molecule has 35 heavy (non-hydrogen) atoms. The Labute approximate surface area is 206 Å². The summed E-state index contributed by atoms with van der Waals surface area (Å²) < 4.78 is 31.6. The number of benzene rings is 1. The summed E-state index contributed by atoms with van der Waals surface area (Å²) in [4.78, 5) is 34.3. The van der Waals surface area contributed by atoms with Crippen molar-refractivity contribution in [2.45, 2.75) is 50.7 Å². The highest BCUT2D eigenvalue weighted by Crippen LogP contribution is 2.57. The summed E-state index contributed by atoms with van der Waals surface area (Å²) in [7, 11) is 0. The van der Waals surface area contributed by atoms with Crippen molar-refractivity contribution in [3.63, 3.8) is 0 Å². The summed E-state index contributed by atoms with van der Waals surface area (Å²) >= 11 is 1.24. The largest absolute Gasteiger partial charge is 0.427 e. The molecule has 0 radical (unpaired) electrons. The van der Waals surface area contributed by atoms with Gasteiger partial charge < -0.3 is 19.7 Å². The SMILES string of the molecule is CCCC(=O)Oc1ccc(CSP(C)(=O)OC[C@@H]2CC[C@H](n3cnc4c(=O)[nH]c(N)nc43)O2)cc1. The van der Waals surface area contributed by atoms with E-state index in [9.17, 15) is 14.2 Å². The Morgan fingerprint density at radius 1 is 1.34 bits per heavy atom. The van der Waals surface area contributed by atoms with Gasteiger partial charge in [0.1, 0.15) is 12.0 Å². The Bertz CT molecular complexity index is 1290. The number of imidazole rings is 1. The molecule has 3 atom stereocenters. The minimum Gasteiger partial charge on any atom is -0.427 e. The Balaban J connectivity index is 1.26. The number of H-pyrrole nitrogens is 1. The lowest BCUT2D eigenvalue weighted by molar-refractivity contribution is -0.134. The van der Waals surface area contributed by atoms with Gasteiger partial charge in [-0.05, 0) is 37.0 Å². The number of carbonyl (C=O) groups is 1. The van der Waals surface area contributed by atoms with Crippen molar-refractivity contribution >= 4 is 41.0 Å². The van der Waals surface area contributed by atoms with E-state index in [0.29, 0.717) is 36.4 Å². The number of esters is 1.